The highest BCUT2D eigenvalue weighted by Gasteiger charge is 2.22. The number of fused-ring (bicyclic) bond motifs is 1. The van der Waals surface area contributed by atoms with Crippen LogP contribution in [0, 0.1) is 6.92 Å². The van der Waals surface area contributed by atoms with Crippen molar-refractivity contribution in [1.29, 1.82) is 0 Å². The molecule has 0 N–H and O–H groups in total. The number of nitrogens with zero attached hydrogens (tertiary/aromatic N) is 3. The molecule has 1 amide bonds. The van der Waals surface area contributed by atoms with Crippen molar-refractivity contribution in [1.82, 2.24) is 9.97 Å². The number of hydrogen-bond acceptors (Lipinski definition) is 6. The summed E-state index contributed by atoms with van der Waals surface area (Å²) in [7, 11) is -3.46. The first-order valence-corrected chi connectivity index (χ1v) is 13.2. The van der Waals surface area contributed by atoms with Crippen LogP contribution >= 0.6 is 22.9 Å². The molecule has 4 aromatic rings. The molecule has 0 saturated heterocycles. The maximum atomic E-state index is 13.2. The van der Waals surface area contributed by atoms with E-state index in [2.05, 4.69) is 9.97 Å². The van der Waals surface area contributed by atoms with E-state index in [1.165, 1.54) is 11.3 Å². The third kappa shape index (κ3) is 5.58. The smallest absolute Gasteiger partial charge is 0.229 e. The number of rotatable bonds is 8. The highest BCUT2D eigenvalue weighted by molar-refractivity contribution is 7.91. The van der Waals surface area contributed by atoms with Crippen molar-refractivity contribution in [3.8, 4) is 0 Å². The fourth-order valence-electron chi connectivity index (χ4n) is 3.35. The van der Waals surface area contributed by atoms with Crippen molar-refractivity contribution in [2.24, 2.45) is 0 Å². The standard InChI is InChI=1S/C24H22ClN3O3S2/c1-17-10-12-19(13-11-17)33(30,31)15-5-9-22(29)28(16-18-6-2-3-14-26-18)24-27-23-20(25)7-4-8-21(23)32-24/h2-4,6-8,10-14H,5,9,15-16H2,1H3. The molecule has 170 valence electrons. The van der Waals surface area contributed by atoms with Gasteiger partial charge in [-0.15, -0.1) is 0 Å². The monoisotopic (exact) mass is 499 g/mol. The molecule has 0 radical (unpaired) electrons. The molecule has 4 rings (SSSR count). The molecule has 0 unspecified atom stereocenters. The zero-order chi connectivity index (χ0) is 23.4. The molecular formula is C24H22ClN3O3S2. The Hall–Kier alpha value is -2.81. The zero-order valence-corrected chi connectivity index (χ0v) is 20.3. The molecule has 0 aliphatic rings. The van der Waals surface area contributed by atoms with Crippen molar-refractivity contribution in [2.45, 2.75) is 31.2 Å². The number of halogens is 1. The van der Waals surface area contributed by atoms with Crippen LogP contribution in [0.3, 0.4) is 0 Å². The van der Waals surface area contributed by atoms with Crippen LogP contribution in [0.1, 0.15) is 24.1 Å². The lowest BCUT2D eigenvalue weighted by Gasteiger charge is -2.19. The number of carbonyl (C=O) groups is 1. The van der Waals surface area contributed by atoms with Gasteiger partial charge in [0.05, 0.1) is 32.6 Å². The average molecular weight is 500 g/mol. The number of sulfone groups is 1. The Morgan fingerprint density at radius 3 is 2.55 bits per heavy atom. The van der Waals surface area contributed by atoms with Gasteiger partial charge >= 0.3 is 0 Å². The van der Waals surface area contributed by atoms with Gasteiger partial charge in [0.15, 0.2) is 15.0 Å². The Morgan fingerprint density at radius 2 is 1.85 bits per heavy atom. The molecule has 0 spiro atoms. The maximum Gasteiger partial charge on any atom is 0.229 e. The van der Waals surface area contributed by atoms with Crippen LogP contribution in [0.25, 0.3) is 10.2 Å². The number of amides is 1. The minimum absolute atomic E-state index is 0.0710. The Balaban J connectivity index is 1.53. The summed E-state index contributed by atoms with van der Waals surface area (Å²) in [6, 6.07) is 17.7. The molecule has 2 aromatic heterocycles. The van der Waals surface area contributed by atoms with Crippen LogP contribution in [0.2, 0.25) is 5.02 Å². The predicted octanol–water partition coefficient (Wildman–Crippen LogP) is 5.44. The zero-order valence-electron chi connectivity index (χ0n) is 17.9. The lowest BCUT2D eigenvalue weighted by atomic mass is 10.2. The van der Waals surface area contributed by atoms with Crippen LogP contribution in [-0.4, -0.2) is 30.0 Å². The Kier molecular flexibility index (Phi) is 7.07. The molecule has 0 atom stereocenters. The Morgan fingerprint density at radius 1 is 1.06 bits per heavy atom. The number of anilines is 1. The fourth-order valence-corrected chi connectivity index (χ4v) is 5.94. The van der Waals surface area contributed by atoms with Crippen molar-refractivity contribution in [3.63, 3.8) is 0 Å². The van der Waals surface area contributed by atoms with Gasteiger partial charge in [-0.1, -0.05) is 52.8 Å². The van der Waals surface area contributed by atoms with Crippen molar-refractivity contribution in [2.75, 3.05) is 10.7 Å². The summed E-state index contributed by atoms with van der Waals surface area (Å²) < 4.78 is 26.2. The van der Waals surface area contributed by atoms with Gasteiger partial charge in [0.1, 0.15) is 5.52 Å². The van der Waals surface area contributed by atoms with Gasteiger partial charge in [-0.05, 0) is 49.7 Å². The highest BCUT2D eigenvalue weighted by atomic mass is 35.5. The summed E-state index contributed by atoms with van der Waals surface area (Å²) in [5.74, 6) is -0.319. The summed E-state index contributed by atoms with van der Waals surface area (Å²) >= 11 is 7.65. The summed E-state index contributed by atoms with van der Waals surface area (Å²) in [4.78, 5) is 24.0. The van der Waals surface area contributed by atoms with E-state index in [0.717, 1.165) is 10.3 Å². The van der Waals surface area contributed by atoms with E-state index in [9.17, 15) is 13.2 Å². The van der Waals surface area contributed by atoms with E-state index < -0.39 is 9.84 Å². The maximum absolute atomic E-state index is 13.2. The highest BCUT2D eigenvalue weighted by Crippen LogP contribution is 2.33. The van der Waals surface area contributed by atoms with Crippen LogP contribution < -0.4 is 4.90 Å². The molecule has 6 nitrogen and oxygen atoms in total. The van der Waals surface area contributed by atoms with Gasteiger partial charge in [0.25, 0.3) is 0 Å². The minimum Gasteiger partial charge on any atom is -0.282 e. The normalized spacial score (nSPS) is 11.6. The molecule has 33 heavy (non-hydrogen) atoms. The fraction of sp³-hybridized carbons (Fsp3) is 0.208. The van der Waals surface area contributed by atoms with Gasteiger partial charge in [-0.3, -0.25) is 14.7 Å². The minimum atomic E-state index is -3.46. The van der Waals surface area contributed by atoms with Crippen LogP contribution in [-0.2, 0) is 21.2 Å². The first-order valence-electron chi connectivity index (χ1n) is 10.4. The molecule has 2 heterocycles. The quantitative estimate of drug-likeness (QED) is 0.322. The van der Waals surface area contributed by atoms with Crippen molar-refractivity contribution >= 4 is 54.0 Å². The number of thiazole rings is 1. The number of hydrogen-bond donors (Lipinski definition) is 0. The second-order valence-electron chi connectivity index (χ2n) is 7.62. The number of carbonyl (C=O) groups excluding carboxylic acids is 1. The van der Waals surface area contributed by atoms with E-state index in [-0.39, 0.29) is 35.9 Å². The number of para-hydroxylation sites is 1. The van der Waals surface area contributed by atoms with Crippen LogP contribution in [0.4, 0.5) is 5.13 Å². The number of aromatic nitrogens is 2. The number of benzene rings is 2. The second kappa shape index (κ2) is 9.99. The SMILES string of the molecule is Cc1ccc(S(=O)(=O)CCCC(=O)N(Cc2ccccn2)c2nc3c(Cl)cccc3s2)cc1. The average Bonchev–Trinajstić information content (AvgIpc) is 3.23. The predicted molar refractivity (Wildman–Crippen MR) is 133 cm³/mol. The first-order chi connectivity index (χ1) is 15.8. The molecule has 0 bridgehead atoms. The van der Waals surface area contributed by atoms with E-state index in [4.69, 9.17) is 11.6 Å². The molecule has 0 saturated carbocycles. The lowest BCUT2D eigenvalue weighted by Crippen LogP contribution is -2.30. The van der Waals surface area contributed by atoms with E-state index in [1.807, 2.05) is 37.3 Å². The van der Waals surface area contributed by atoms with Gasteiger partial charge in [-0.2, -0.15) is 0 Å². The Bertz CT molecular complexity index is 1370. The van der Waals surface area contributed by atoms with E-state index in [0.29, 0.717) is 21.4 Å². The van der Waals surface area contributed by atoms with E-state index in [1.54, 1.807) is 41.4 Å². The Labute approximate surface area is 201 Å². The molecule has 0 aliphatic heterocycles. The molecule has 9 heteroatoms. The first kappa shape index (κ1) is 23.4. The largest absolute Gasteiger partial charge is 0.282 e. The lowest BCUT2D eigenvalue weighted by molar-refractivity contribution is -0.118. The van der Waals surface area contributed by atoms with E-state index >= 15 is 0 Å². The number of aryl methyl sites for hydroxylation is 1. The molecule has 0 fully saturated rings. The van der Waals surface area contributed by atoms with Crippen molar-refractivity contribution in [3.05, 3.63) is 83.1 Å². The number of pyridine rings is 1. The molecule has 2 aromatic carbocycles. The summed E-state index contributed by atoms with van der Waals surface area (Å²) in [6.45, 7) is 2.14. The van der Waals surface area contributed by atoms with Gasteiger partial charge < -0.3 is 0 Å². The van der Waals surface area contributed by atoms with Gasteiger partial charge in [-0.25, -0.2) is 13.4 Å². The van der Waals surface area contributed by atoms with Crippen molar-refractivity contribution < 1.29 is 13.2 Å². The van der Waals surface area contributed by atoms with Gasteiger partial charge in [0, 0.05) is 12.6 Å². The third-order valence-corrected chi connectivity index (χ3v) is 8.29. The molecular weight excluding hydrogens is 478 g/mol. The van der Waals surface area contributed by atoms with Gasteiger partial charge in [0.2, 0.25) is 5.91 Å². The van der Waals surface area contributed by atoms with Crippen LogP contribution in [0.5, 0.6) is 0 Å². The summed E-state index contributed by atoms with van der Waals surface area (Å²) in [6.07, 6.45) is 1.95. The third-order valence-electron chi connectivity index (χ3n) is 5.12. The van der Waals surface area contributed by atoms with Crippen LogP contribution in [0.15, 0.2) is 71.8 Å². The molecule has 0 aliphatic carbocycles. The topological polar surface area (TPSA) is 80.2 Å². The summed E-state index contributed by atoms with van der Waals surface area (Å²) in [5.41, 5.74) is 2.34. The summed E-state index contributed by atoms with van der Waals surface area (Å²) in [5, 5.41) is 1.03. The second-order valence-corrected chi connectivity index (χ2v) is 11.1.